The molecule has 0 bridgehead atoms. The van der Waals surface area contributed by atoms with E-state index in [2.05, 4.69) is 31.9 Å². The first-order chi connectivity index (χ1) is 9.04. The Labute approximate surface area is 119 Å². The van der Waals surface area contributed by atoms with Gasteiger partial charge >= 0.3 is 11.8 Å². The summed E-state index contributed by atoms with van der Waals surface area (Å²) in [4.78, 5) is 23.0. The molecule has 0 atom stereocenters. The Morgan fingerprint density at radius 3 is 2.68 bits per heavy atom. The lowest BCUT2D eigenvalue weighted by atomic mass is 10.3. The van der Waals surface area contributed by atoms with Crippen LogP contribution in [0.3, 0.4) is 0 Å². The number of hydrogen-bond donors (Lipinski definition) is 4. The number of carbonyl (C=O) groups excluding carboxylic acids is 2. The quantitative estimate of drug-likeness (QED) is 0.366. The smallest absolute Gasteiger partial charge is 0.313 e. The summed E-state index contributed by atoms with van der Waals surface area (Å²) in [6, 6.07) is 4.56. The number of benzene rings is 1. The van der Waals surface area contributed by atoms with Gasteiger partial charge < -0.3 is 21.1 Å². The average Bonchev–Trinajstić information content (AvgIpc) is 2.38. The van der Waals surface area contributed by atoms with E-state index in [1.54, 1.807) is 6.07 Å². The van der Waals surface area contributed by atoms with Crippen LogP contribution >= 0.6 is 15.9 Å². The molecular weight excluding hydrogens is 314 g/mol. The monoisotopic (exact) mass is 329 g/mol. The standard InChI is InChI=1S/C12H16BrN3O3/c1-14-5-2-6-15-11(18)12(19)16-9-7-8(13)3-4-10(9)17/h3-4,7,14,17H,2,5-6H2,1H3,(H,15,18)(H,16,19). The SMILES string of the molecule is CNCCCNC(=O)C(=O)Nc1cc(Br)ccc1O. The van der Waals surface area contributed by atoms with Crippen LogP contribution in [0, 0.1) is 0 Å². The third kappa shape index (κ3) is 5.27. The first kappa shape index (κ1) is 15.5. The zero-order valence-corrected chi connectivity index (χ0v) is 12.1. The van der Waals surface area contributed by atoms with Crippen LogP contribution < -0.4 is 16.0 Å². The van der Waals surface area contributed by atoms with Crippen LogP contribution in [0.4, 0.5) is 5.69 Å². The number of rotatable bonds is 5. The lowest BCUT2D eigenvalue weighted by Crippen LogP contribution is -2.36. The fourth-order valence-corrected chi connectivity index (χ4v) is 1.70. The largest absolute Gasteiger partial charge is 0.506 e. The summed E-state index contributed by atoms with van der Waals surface area (Å²) in [6.07, 6.45) is 0.734. The van der Waals surface area contributed by atoms with E-state index in [-0.39, 0.29) is 11.4 Å². The van der Waals surface area contributed by atoms with Crippen LogP contribution in [0.2, 0.25) is 0 Å². The molecule has 0 fully saturated rings. The Morgan fingerprint density at radius 1 is 1.26 bits per heavy atom. The molecule has 1 aromatic carbocycles. The van der Waals surface area contributed by atoms with Crippen LogP contribution in [0.5, 0.6) is 5.75 Å². The van der Waals surface area contributed by atoms with Crippen molar-refractivity contribution in [2.24, 2.45) is 0 Å². The topological polar surface area (TPSA) is 90.5 Å². The van der Waals surface area contributed by atoms with Crippen LogP contribution in [0.25, 0.3) is 0 Å². The van der Waals surface area contributed by atoms with Gasteiger partial charge in [-0.3, -0.25) is 9.59 Å². The molecule has 1 aromatic rings. The molecule has 19 heavy (non-hydrogen) atoms. The fourth-order valence-electron chi connectivity index (χ4n) is 1.33. The van der Waals surface area contributed by atoms with Crippen molar-refractivity contribution in [1.82, 2.24) is 10.6 Å². The van der Waals surface area contributed by atoms with E-state index in [0.29, 0.717) is 11.0 Å². The van der Waals surface area contributed by atoms with Gasteiger partial charge in [-0.2, -0.15) is 0 Å². The normalized spacial score (nSPS) is 10.0. The summed E-state index contributed by atoms with van der Waals surface area (Å²) in [5.74, 6) is -1.63. The third-order valence-corrected chi connectivity index (χ3v) is 2.80. The molecule has 0 radical (unpaired) electrons. The lowest BCUT2D eigenvalue weighted by molar-refractivity contribution is -0.136. The van der Waals surface area contributed by atoms with Crippen molar-refractivity contribution in [3.8, 4) is 5.75 Å². The Kier molecular flexibility index (Phi) is 6.31. The van der Waals surface area contributed by atoms with Gasteiger partial charge in [-0.25, -0.2) is 0 Å². The van der Waals surface area contributed by atoms with Crippen LogP contribution in [0.1, 0.15) is 6.42 Å². The molecule has 0 aromatic heterocycles. The van der Waals surface area contributed by atoms with Gasteiger partial charge in [0.15, 0.2) is 0 Å². The molecule has 0 spiro atoms. The molecule has 104 valence electrons. The summed E-state index contributed by atoms with van der Waals surface area (Å²) in [5, 5.41) is 17.3. The Hall–Kier alpha value is -1.60. The Balaban J connectivity index is 2.49. The van der Waals surface area contributed by atoms with Gasteiger partial charge in [0.1, 0.15) is 5.75 Å². The zero-order valence-electron chi connectivity index (χ0n) is 10.5. The first-order valence-electron chi connectivity index (χ1n) is 5.77. The van der Waals surface area contributed by atoms with E-state index in [4.69, 9.17) is 0 Å². The fraction of sp³-hybridized carbons (Fsp3) is 0.333. The highest BCUT2D eigenvalue weighted by Gasteiger charge is 2.14. The van der Waals surface area contributed by atoms with Gasteiger partial charge in [0.2, 0.25) is 0 Å². The zero-order chi connectivity index (χ0) is 14.3. The molecule has 0 aliphatic heterocycles. The minimum Gasteiger partial charge on any atom is -0.506 e. The van der Waals surface area contributed by atoms with Gasteiger partial charge in [-0.15, -0.1) is 0 Å². The number of carbonyl (C=O) groups is 2. The highest BCUT2D eigenvalue weighted by molar-refractivity contribution is 9.10. The van der Waals surface area contributed by atoms with Crippen molar-refractivity contribution in [3.05, 3.63) is 22.7 Å². The van der Waals surface area contributed by atoms with Crippen LogP contribution in [0.15, 0.2) is 22.7 Å². The predicted molar refractivity (Wildman–Crippen MR) is 76.0 cm³/mol. The number of aromatic hydroxyl groups is 1. The molecule has 0 aliphatic rings. The highest BCUT2D eigenvalue weighted by Crippen LogP contribution is 2.26. The Morgan fingerprint density at radius 2 is 2.00 bits per heavy atom. The number of phenols is 1. The maximum atomic E-state index is 11.6. The number of nitrogens with one attached hydrogen (secondary N) is 3. The van der Waals surface area contributed by atoms with Crippen molar-refractivity contribution in [1.29, 1.82) is 0 Å². The van der Waals surface area contributed by atoms with Crippen LogP contribution in [-0.2, 0) is 9.59 Å². The van der Waals surface area contributed by atoms with Gasteiger partial charge in [0, 0.05) is 11.0 Å². The molecule has 1 rings (SSSR count). The summed E-state index contributed by atoms with van der Waals surface area (Å²) in [6.45, 7) is 1.17. The molecule has 0 unspecified atom stereocenters. The van der Waals surface area contributed by atoms with Gasteiger partial charge in [-0.05, 0) is 38.2 Å². The van der Waals surface area contributed by atoms with Gasteiger partial charge in [-0.1, -0.05) is 15.9 Å². The minimum absolute atomic E-state index is 0.0977. The summed E-state index contributed by atoms with van der Waals surface area (Å²) >= 11 is 3.21. The molecule has 7 heteroatoms. The number of anilines is 1. The third-order valence-electron chi connectivity index (χ3n) is 2.30. The molecule has 0 aliphatic carbocycles. The summed E-state index contributed by atoms with van der Waals surface area (Å²) in [5.41, 5.74) is 0.185. The molecule has 6 nitrogen and oxygen atoms in total. The molecular formula is C12H16BrN3O3. The van der Waals surface area contributed by atoms with E-state index in [1.165, 1.54) is 12.1 Å². The van der Waals surface area contributed by atoms with E-state index in [9.17, 15) is 14.7 Å². The summed E-state index contributed by atoms with van der Waals surface area (Å²) < 4.78 is 0.690. The Bertz CT molecular complexity index is 466. The average molecular weight is 330 g/mol. The second kappa shape index (κ2) is 7.75. The van der Waals surface area contributed by atoms with E-state index in [0.717, 1.165) is 13.0 Å². The van der Waals surface area contributed by atoms with Crippen LogP contribution in [-0.4, -0.2) is 37.1 Å². The number of phenolic OH excluding ortho intramolecular Hbond substituents is 1. The lowest BCUT2D eigenvalue weighted by Gasteiger charge is -2.08. The van der Waals surface area contributed by atoms with E-state index < -0.39 is 11.8 Å². The van der Waals surface area contributed by atoms with Crippen molar-refractivity contribution >= 4 is 33.4 Å². The molecule has 0 saturated carbocycles. The van der Waals surface area contributed by atoms with Crippen molar-refractivity contribution in [2.75, 3.05) is 25.5 Å². The first-order valence-corrected chi connectivity index (χ1v) is 6.56. The van der Waals surface area contributed by atoms with Gasteiger partial charge in [0.25, 0.3) is 0 Å². The van der Waals surface area contributed by atoms with Crippen molar-refractivity contribution in [3.63, 3.8) is 0 Å². The maximum absolute atomic E-state index is 11.6. The molecule has 0 heterocycles. The number of amides is 2. The molecule has 0 saturated heterocycles. The van der Waals surface area contributed by atoms with E-state index >= 15 is 0 Å². The number of halogens is 1. The predicted octanol–water partition coefficient (Wildman–Crippen LogP) is 0.819. The summed E-state index contributed by atoms with van der Waals surface area (Å²) in [7, 11) is 1.81. The second-order valence-corrected chi connectivity index (χ2v) is 4.74. The molecule has 2 amide bonds. The minimum atomic E-state index is -0.808. The van der Waals surface area contributed by atoms with Gasteiger partial charge in [0.05, 0.1) is 5.69 Å². The highest BCUT2D eigenvalue weighted by atomic mass is 79.9. The molecule has 4 N–H and O–H groups in total. The van der Waals surface area contributed by atoms with Crippen molar-refractivity contribution in [2.45, 2.75) is 6.42 Å². The number of hydrogen-bond acceptors (Lipinski definition) is 4. The van der Waals surface area contributed by atoms with Crippen molar-refractivity contribution < 1.29 is 14.7 Å². The van der Waals surface area contributed by atoms with E-state index in [1.807, 2.05) is 7.05 Å². The maximum Gasteiger partial charge on any atom is 0.313 e. The second-order valence-electron chi connectivity index (χ2n) is 3.83.